The minimum Gasteiger partial charge on any atom is -0.462 e. The van der Waals surface area contributed by atoms with E-state index in [1.165, 1.54) is 167 Å². The van der Waals surface area contributed by atoms with Crippen molar-refractivity contribution >= 4 is 17.5 Å². The molecular weight excluding hydrogens is 693 g/mol. The zero-order valence-corrected chi connectivity index (χ0v) is 36.2. The molecule has 0 aromatic carbocycles. The molecule has 0 aliphatic carbocycles. The van der Waals surface area contributed by atoms with Gasteiger partial charge in [0.25, 0.3) is 0 Å². The first kappa shape index (κ1) is 49.1. The van der Waals surface area contributed by atoms with Crippen LogP contribution in [0.5, 0.6) is 0 Å². The van der Waals surface area contributed by atoms with Crippen molar-refractivity contribution in [1.82, 2.24) is 9.97 Å². The molecule has 0 aliphatic rings. The Hall–Kier alpha value is -3.02. The van der Waals surface area contributed by atoms with Crippen molar-refractivity contribution in [1.29, 1.82) is 0 Å². The number of unbranched alkanes of at least 4 members (excludes halogenated alkanes) is 30. The molecule has 0 unspecified atom stereocenters. The first-order valence-corrected chi connectivity index (χ1v) is 23.6. The van der Waals surface area contributed by atoms with Gasteiger partial charge in [-0.1, -0.05) is 219 Å². The Morgan fingerprint density at radius 1 is 0.411 bits per heavy atom. The van der Waals surface area contributed by atoms with E-state index in [0.717, 1.165) is 38.5 Å². The van der Waals surface area contributed by atoms with Crippen LogP contribution in [0.2, 0.25) is 0 Å². The number of carbonyl (C=O) groups excluding carboxylic acids is 2. The van der Waals surface area contributed by atoms with Gasteiger partial charge < -0.3 is 9.47 Å². The lowest BCUT2D eigenvalue weighted by Crippen LogP contribution is -2.21. The van der Waals surface area contributed by atoms with E-state index in [2.05, 4.69) is 23.8 Å². The quantitative estimate of drug-likeness (QED) is 0.0222. The maximum atomic E-state index is 13.7. The Labute approximate surface area is 343 Å². The SMILES string of the molecule is CCCCCCCCCCCCCCCCCCOC(=O)C(C(=O)OCCCCCCCCCCCCCCCCCC)=C(c1cccnc1)c1cccnc1. The van der Waals surface area contributed by atoms with Gasteiger partial charge in [-0.25, -0.2) is 9.59 Å². The molecule has 0 aliphatic heterocycles. The molecule has 0 radical (unpaired) electrons. The van der Waals surface area contributed by atoms with Gasteiger partial charge in [0.2, 0.25) is 0 Å². The molecule has 0 amide bonds. The van der Waals surface area contributed by atoms with Crippen LogP contribution < -0.4 is 0 Å². The predicted octanol–water partition coefficient (Wildman–Crippen LogP) is 14.9. The van der Waals surface area contributed by atoms with Crippen LogP contribution in [0.25, 0.3) is 5.57 Å². The molecule has 0 spiro atoms. The summed E-state index contributed by atoms with van der Waals surface area (Å²) in [7, 11) is 0. The molecule has 0 bridgehead atoms. The van der Waals surface area contributed by atoms with E-state index >= 15 is 0 Å². The molecule has 0 fully saturated rings. The van der Waals surface area contributed by atoms with E-state index in [4.69, 9.17) is 9.47 Å². The van der Waals surface area contributed by atoms with Crippen molar-refractivity contribution in [2.45, 2.75) is 219 Å². The second kappa shape index (κ2) is 36.3. The maximum absolute atomic E-state index is 13.7. The van der Waals surface area contributed by atoms with Crippen LogP contribution in [0.3, 0.4) is 0 Å². The topological polar surface area (TPSA) is 78.4 Å². The van der Waals surface area contributed by atoms with Gasteiger partial charge in [-0.3, -0.25) is 9.97 Å². The van der Waals surface area contributed by atoms with E-state index in [-0.39, 0.29) is 18.8 Å². The fourth-order valence-corrected chi connectivity index (χ4v) is 7.54. The molecule has 0 saturated heterocycles. The van der Waals surface area contributed by atoms with E-state index in [0.29, 0.717) is 16.7 Å². The zero-order chi connectivity index (χ0) is 40.0. The van der Waals surface area contributed by atoms with Gasteiger partial charge in [-0.2, -0.15) is 0 Å². The molecule has 0 N–H and O–H groups in total. The number of hydrogen-bond donors (Lipinski definition) is 0. The number of ether oxygens (including phenoxy) is 2. The van der Waals surface area contributed by atoms with Crippen molar-refractivity contribution in [3.05, 3.63) is 65.8 Å². The molecular formula is C50H82N2O4. The number of esters is 2. The zero-order valence-electron chi connectivity index (χ0n) is 36.2. The van der Waals surface area contributed by atoms with Crippen LogP contribution in [-0.4, -0.2) is 35.1 Å². The Balaban J connectivity index is 1.72. The second-order valence-corrected chi connectivity index (χ2v) is 16.1. The largest absolute Gasteiger partial charge is 0.462 e. The summed E-state index contributed by atoms with van der Waals surface area (Å²) < 4.78 is 11.5. The molecule has 2 aromatic heterocycles. The Bertz CT molecular complexity index is 1140. The third-order valence-electron chi connectivity index (χ3n) is 11.0. The van der Waals surface area contributed by atoms with Gasteiger partial charge in [0.15, 0.2) is 5.57 Å². The summed E-state index contributed by atoms with van der Waals surface area (Å²) >= 11 is 0. The molecule has 316 valence electrons. The van der Waals surface area contributed by atoms with Crippen molar-refractivity contribution in [3.8, 4) is 0 Å². The Kier molecular flexibility index (Phi) is 31.9. The highest BCUT2D eigenvalue weighted by Gasteiger charge is 2.28. The highest BCUT2D eigenvalue weighted by molar-refractivity contribution is 6.21. The predicted molar refractivity (Wildman–Crippen MR) is 236 cm³/mol. The summed E-state index contributed by atoms with van der Waals surface area (Å²) in [5.74, 6) is -1.30. The smallest absolute Gasteiger partial charge is 0.346 e. The number of carbonyl (C=O) groups is 2. The molecule has 2 heterocycles. The highest BCUT2D eigenvalue weighted by atomic mass is 16.6. The van der Waals surface area contributed by atoms with E-state index in [1.54, 1.807) is 36.9 Å². The summed E-state index contributed by atoms with van der Waals surface area (Å²) in [4.78, 5) is 35.9. The van der Waals surface area contributed by atoms with Crippen LogP contribution in [0.4, 0.5) is 0 Å². The van der Waals surface area contributed by atoms with Crippen molar-refractivity contribution < 1.29 is 19.1 Å². The van der Waals surface area contributed by atoms with Crippen LogP contribution in [0.1, 0.15) is 230 Å². The molecule has 6 nitrogen and oxygen atoms in total. The fraction of sp³-hybridized carbons (Fsp3) is 0.720. The van der Waals surface area contributed by atoms with Crippen molar-refractivity contribution in [2.24, 2.45) is 0 Å². The number of hydrogen-bond acceptors (Lipinski definition) is 6. The summed E-state index contributed by atoms with van der Waals surface area (Å²) in [6.45, 7) is 5.11. The molecule has 56 heavy (non-hydrogen) atoms. The fourth-order valence-electron chi connectivity index (χ4n) is 7.54. The first-order chi connectivity index (χ1) is 27.7. The molecule has 6 heteroatoms. The van der Waals surface area contributed by atoms with E-state index in [1.807, 2.05) is 12.1 Å². The maximum Gasteiger partial charge on any atom is 0.346 e. The van der Waals surface area contributed by atoms with Gasteiger partial charge in [0.05, 0.1) is 13.2 Å². The number of rotatable bonds is 38. The summed E-state index contributed by atoms with van der Waals surface area (Å²) in [6, 6.07) is 7.29. The lowest BCUT2D eigenvalue weighted by molar-refractivity contribution is -0.147. The standard InChI is InChI=1S/C50H82N2O4/c1-3-5-7-9-11-13-15-17-19-21-23-25-27-29-31-33-41-55-49(53)48(47(45-37-35-39-51-43-45)46-38-36-40-52-44-46)50(54)56-42-34-32-30-28-26-24-22-20-18-16-14-12-10-8-6-4-2/h35-40,43-44H,3-34,41-42H2,1-2H3. The molecule has 2 aromatic rings. The van der Waals surface area contributed by atoms with Gasteiger partial charge in [0.1, 0.15) is 0 Å². The van der Waals surface area contributed by atoms with Gasteiger partial charge in [-0.05, 0) is 25.0 Å². The summed E-state index contributed by atoms with van der Waals surface area (Å²) in [5.41, 5.74) is 1.66. The third kappa shape index (κ3) is 25.3. The lowest BCUT2D eigenvalue weighted by Gasteiger charge is -2.15. The second-order valence-electron chi connectivity index (χ2n) is 16.1. The highest BCUT2D eigenvalue weighted by Crippen LogP contribution is 2.28. The average molecular weight is 775 g/mol. The normalized spacial score (nSPS) is 11.1. The van der Waals surface area contributed by atoms with Gasteiger partial charge in [-0.15, -0.1) is 0 Å². The minimum absolute atomic E-state index is 0.0843. The summed E-state index contributed by atoms with van der Waals surface area (Å²) in [5, 5.41) is 0. The van der Waals surface area contributed by atoms with E-state index < -0.39 is 11.9 Å². The lowest BCUT2D eigenvalue weighted by atomic mass is 9.95. The summed E-state index contributed by atoms with van der Waals surface area (Å²) in [6.07, 6.45) is 47.8. The molecule has 0 saturated carbocycles. The number of pyridine rings is 2. The third-order valence-corrected chi connectivity index (χ3v) is 11.0. The minimum atomic E-state index is -0.648. The van der Waals surface area contributed by atoms with Crippen LogP contribution in [0.15, 0.2) is 54.6 Å². The van der Waals surface area contributed by atoms with Crippen molar-refractivity contribution in [3.63, 3.8) is 0 Å². The van der Waals surface area contributed by atoms with Gasteiger partial charge in [0, 0.05) is 41.5 Å². The number of nitrogens with zero attached hydrogens (tertiary/aromatic N) is 2. The number of aromatic nitrogens is 2. The van der Waals surface area contributed by atoms with Crippen LogP contribution in [-0.2, 0) is 19.1 Å². The molecule has 0 atom stereocenters. The first-order valence-electron chi connectivity index (χ1n) is 23.6. The van der Waals surface area contributed by atoms with Crippen molar-refractivity contribution in [2.75, 3.05) is 13.2 Å². The monoisotopic (exact) mass is 775 g/mol. The Morgan fingerprint density at radius 2 is 0.679 bits per heavy atom. The molecule has 2 rings (SSSR count). The van der Waals surface area contributed by atoms with E-state index in [9.17, 15) is 9.59 Å². The van der Waals surface area contributed by atoms with Crippen LogP contribution >= 0.6 is 0 Å². The van der Waals surface area contributed by atoms with Gasteiger partial charge >= 0.3 is 11.9 Å². The average Bonchev–Trinajstić information content (AvgIpc) is 3.22. The van der Waals surface area contributed by atoms with Crippen LogP contribution in [0, 0.1) is 0 Å². The Morgan fingerprint density at radius 3 is 0.929 bits per heavy atom.